The molecule has 2 rings (SSSR count). The lowest BCUT2D eigenvalue weighted by Gasteiger charge is -2.49. The molecule has 0 amide bonds. The van der Waals surface area contributed by atoms with E-state index in [0.717, 1.165) is 25.7 Å². The fourth-order valence-electron chi connectivity index (χ4n) is 2.13. The molecule has 1 saturated carbocycles. The van der Waals surface area contributed by atoms with Gasteiger partial charge in [-0.3, -0.25) is 0 Å². The van der Waals surface area contributed by atoms with Gasteiger partial charge in [0.25, 0.3) is 0 Å². The summed E-state index contributed by atoms with van der Waals surface area (Å²) in [6.45, 7) is 4.68. The van der Waals surface area contributed by atoms with Crippen molar-refractivity contribution in [1.29, 1.82) is 0 Å². The lowest BCUT2D eigenvalue weighted by atomic mass is 9.70. The van der Waals surface area contributed by atoms with Crippen molar-refractivity contribution in [3.63, 3.8) is 0 Å². The van der Waals surface area contributed by atoms with E-state index in [9.17, 15) is 0 Å². The SMILES string of the molecule is CCC1CC2(COCCO2)C1. The molecule has 1 saturated heterocycles. The Bertz CT molecular complexity index is 130. The zero-order chi connectivity index (χ0) is 7.73. The first kappa shape index (κ1) is 7.56. The second kappa shape index (κ2) is 2.76. The zero-order valence-electron chi connectivity index (χ0n) is 7.14. The largest absolute Gasteiger partial charge is 0.376 e. The van der Waals surface area contributed by atoms with Crippen LogP contribution in [-0.2, 0) is 9.47 Å². The van der Waals surface area contributed by atoms with E-state index >= 15 is 0 Å². The maximum atomic E-state index is 5.71. The van der Waals surface area contributed by atoms with Crippen molar-refractivity contribution in [1.82, 2.24) is 0 Å². The molecule has 2 heteroatoms. The van der Waals surface area contributed by atoms with Gasteiger partial charge in [-0.25, -0.2) is 0 Å². The highest BCUT2D eigenvalue weighted by Crippen LogP contribution is 2.43. The summed E-state index contributed by atoms with van der Waals surface area (Å²) >= 11 is 0. The highest BCUT2D eigenvalue weighted by atomic mass is 16.6. The minimum atomic E-state index is 0.152. The van der Waals surface area contributed by atoms with Crippen molar-refractivity contribution >= 4 is 0 Å². The van der Waals surface area contributed by atoms with Gasteiger partial charge in [-0.2, -0.15) is 0 Å². The van der Waals surface area contributed by atoms with Crippen LogP contribution in [0.1, 0.15) is 26.2 Å². The Morgan fingerprint density at radius 3 is 2.73 bits per heavy atom. The van der Waals surface area contributed by atoms with Crippen LogP contribution in [0.25, 0.3) is 0 Å². The highest BCUT2D eigenvalue weighted by Gasteiger charge is 2.45. The standard InChI is InChI=1S/C9H16O2/c1-2-8-5-9(6-8)7-10-3-4-11-9/h8H,2-7H2,1H3. The predicted octanol–water partition coefficient (Wildman–Crippen LogP) is 1.59. The van der Waals surface area contributed by atoms with E-state index in [2.05, 4.69) is 6.92 Å². The van der Waals surface area contributed by atoms with E-state index in [4.69, 9.17) is 9.47 Å². The molecule has 0 unspecified atom stereocenters. The lowest BCUT2D eigenvalue weighted by Crippen LogP contribution is -2.52. The number of ether oxygens (including phenoxy) is 2. The molecule has 0 atom stereocenters. The van der Waals surface area contributed by atoms with E-state index in [1.165, 1.54) is 19.3 Å². The van der Waals surface area contributed by atoms with E-state index in [1.807, 2.05) is 0 Å². The van der Waals surface area contributed by atoms with Crippen molar-refractivity contribution in [3.8, 4) is 0 Å². The van der Waals surface area contributed by atoms with Crippen molar-refractivity contribution in [2.45, 2.75) is 31.8 Å². The second-order valence-corrected chi connectivity index (χ2v) is 3.77. The summed E-state index contributed by atoms with van der Waals surface area (Å²) < 4.78 is 11.1. The zero-order valence-corrected chi connectivity index (χ0v) is 7.14. The Labute approximate surface area is 67.9 Å². The lowest BCUT2D eigenvalue weighted by molar-refractivity contribution is -0.210. The molecule has 0 aromatic carbocycles. The molecule has 0 radical (unpaired) electrons. The summed E-state index contributed by atoms with van der Waals surface area (Å²) in [5.41, 5.74) is 0.152. The second-order valence-electron chi connectivity index (χ2n) is 3.77. The molecule has 1 heterocycles. The third-order valence-corrected chi connectivity index (χ3v) is 2.90. The van der Waals surface area contributed by atoms with Crippen LogP contribution < -0.4 is 0 Å². The Hall–Kier alpha value is -0.0800. The first-order valence-corrected chi connectivity index (χ1v) is 4.56. The van der Waals surface area contributed by atoms with E-state index in [1.54, 1.807) is 0 Å². The average Bonchev–Trinajstić information content (AvgIpc) is 2.01. The van der Waals surface area contributed by atoms with Crippen molar-refractivity contribution < 1.29 is 9.47 Å². The van der Waals surface area contributed by atoms with E-state index in [0.29, 0.717) is 0 Å². The van der Waals surface area contributed by atoms with Crippen molar-refractivity contribution in [3.05, 3.63) is 0 Å². The third-order valence-electron chi connectivity index (χ3n) is 2.90. The maximum Gasteiger partial charge on any atom is 0.0921 e. The van der Waals surface area contributed by atoms with Gasteiger partial charge >= 0.3 is 0 Å². The van der Waals surface area contributed by atoms with Crippen LogP contribution in [-0.4, -0.2) is 25.4 Å². The van der Waals surface area contributed by atoms with Gasteiger partial charge in [0, 0.05) is 0 Å². The van der Waals surface area contributed by atoms with Gasteiger partial charge in [0.15, 0.2) is 0 Å². The monoisotopic (exact) mass is 156 g/mol. The fourth-order valence-corrected chi connectivity index (χ4v) is 2.13. The van der Waals surface area contributed by atoms with Crippen LogP contribution in [0, 0.1) is 5.92 Å². The molecule has 1 aliphatic heterocycles. The van der Waals surface area contributed by atoms with Crippen LogP contribution in [0.5, 0.6) is 0 Å². The Morgan fingerprint density at radius 1 is 1.36 bits per heavy atom. The summed E-state index contributed by atoms with van der Waals surface area (Å²) in [5.74, 6) is 0.900. The topological polar surface area (TPSA) is 18.5 Å². The van der Waals surface area contributed by atoms with Crippen LogP contribution in [0.15, 0.2) is 0 Å². The summed E-state index contributed by atoms with van der Waals surface area (Å²) in [6, 6.07) is 0. The van der Waals surface area contributed by atoms with E-state index in [-0.39, 0.29) is 5.60 Å². The normalized spacial score (nSPS) is 43.9. The highest BCUT2D eigenvalue weighted by molar-refractivity contribution is 4.96. The quantitative estimate of drug-likeness (QED) is 0.574. The van der Waals surface area contributed by atoms with Gasteiger partial charge in [-0.05, 0) is 18.8 Å². The van der Waals surface area contributed by atoms with Crippen molar-refractivity contribution in [2.24, 2.45) is 5.92 Å². The molecule has 2 fully saturated rings. The molecule has 2 aliphatic rings. The molecule has 1 spiro atoms. The Kier molecular flexibility index (Phi) is 1.90. The van der Waals surface area contributed by atoms with Crippen LogP contribution in [0.3, 0.4) is 0 Å². The first-order valence-electron chi connectivity index (χ1n) is 4.56. The van der Waals surface area contributed by atoms with Gasteiger partial charge in [-0.1, -0.05) is 13.3 Å². The molecule has 1 aliphatic carbocycles. The number of hydrogen-bond acceptors (Lipinski definition) is 2. The molecule has 0 aromatic heterocycles. The predicted molar refractivity (Wildman–Crippen MR) is 42.5 cm³/mol. The molecular weight excluding hydrogens is 140 g/mol. The van der Waals surface area contributed by atoms with Crippen LogP contribution >= 0.6 is 0 Å². The Morgan fingerprint density at radius 2 is 2.18 bits per heavy atom. The minimum absolute atomic E-state index is 0.152. The fraction of sp³-hybridized carbons (Fsp3) is 1.00. The summed E-state index contributed by atoms with van der Waals surface area (Å²) in [4.78, 5) is 0. The molecule has 0 aromatic rings. The van der Waals surface area contributed by atoms with Gasteiger partial charge < -0.3 is 9.47 Å². The van der Waals surface area contributed by atoms with E-state index < -0.39 is 0 Å². The van der Waals surface area contributed by atoms with Crippen molar-refractivity contribution in [2.75, 3.05) is 19.8 Å². The van der Waals surface area contributed by atoms with Gasteiger partial charge in [0.05, 0.1) is 25.4 Å². The summed E-state index contributed by atoms with van der Waals surface area (Å²) in [5, 5.41) is 0. The molecule has 64 valence electrons. The molecule has 0 bridgehead atoms. The number of rotatable bonds is 1. The summed E-state index contributed by atoms with van der Waals surface area (Å²) in [6.07, 6.45) is 3.75. The first-order chi connectivity index (χ1) is 5.35. The Balaban J connectivity index is 1.84. The number of hydrogen-bond donors (Lipinski definition) is 0. The smallest absolute Gasteiger partial charge is 0.0921 e. The third kappa shape index (κ3) is 1.30. The van der Waals surface area contributed by atoms with Gasteiger partial charge in [-0.15, -0.1) is 0 Å². The average molecular weight is 156 g/mol. The molecule has 2 nitrogen and oxygen atoms in total. The maximum absolute atomic E-state index is 5.71. The van der Waals surface area contributed by atoms with Crippen LogP contribution in [0.2, 0.25) is 0 Å². The van der Waals surface area contributed by atoms with Gasteiger partial charge in [0.1, 0.15) is 0 Å². The van der Waals surface area contributed by atoms with Gasteiger partial charge in [0.2, 0.25) is 0 Å². The molecule has 11 heavy (non-hydrogen) atoms. The van der Waals surface area contributed by atoms with Crippen LogP contribution in [0.4, 0.5) is 0 Å². The molecular formula is C9H16O2. The summed E-state index contributed by atoms with van der Waals surface area (Å²) in [7, 11) is 0. The molecule has 0 N–H and O–H groups in total. The minimum Gasteiger partial charge on any atom is -0.376 e.